The van der Waals surface area contributed by atoms with Gasteiger partial charge < -0.3 is 4.57 Å². The minimum atomic E-state index is -0.265. The first-order valence-electron chi connectivity index (χ1n) is 6.53. The van der Waals surface area contributed by atoms with Crippen molar-refractivity contribution in [1.29, 1.82) is 0 Å². The summed E-state index contributed by atoms with van der Waals surface area (Å²) in [7, 11) is 0. The Morgan fingerprint density at radius 2 is 2.30 bits per heavy atom. The molecule has 0 aromatic carbocycles. The third kappa shape index (κ3) is 2.93. The number of amides is 1. The zero-order chi connectivity index (χ0) is 14.5. The Balaban J connectivity index is 2.06. The first-order valence-corrected chi connectivity index (χ1v) is 6.53. The van der Waals surface area contributed by atoms with Gasteiger partial charge in [-0.3, -0.25) is 9.78 Å². The van der Waals surface area contributed by atoms with E-state index in [9.17, 15) is 4.79 Å². The van der Waals surface area contributed by atoms with E-state index in [0.717, 1.165) is 17.8 Å². The van der Waals surface area contributed by atoms with Gasteiger partial charge in [0.15, 0.2) is 0 Å². The Morgan fingerprint density at radius 1 is 1.50 bits per heavy atom. The molecule has 1 amide bonds. The molecule has 2 heterocycles. The Kier molecular flexibility index (Phi) is 4.30. The van der Waals surface area contributed by atoms with E-state index >= 15 is 0 Å². The summed E-state index contributed by atoms with van der Waals surface area (Å²) in [5.74, 6) is -0.265. The predicted molar refractivity (Wildman–Crippen MR) is 78.9 cm³/mol. The first kappa shape index (κ1) is 14.0. The average molecular weight is 270 g/mol. The van der Waals surface area contributed by atoms with Crippen LogP contribution in [0.5, 0.6) is 0 Å². The van der Waals surface area contributed by atoms with E-state index in [4.69, 9.17) is 0 Å². The zero-order valence-electron chi connectivity index (χ0n) is 11.9. The van der Waals surface area contributed by atoms with Crippen LogP contribution in [0.4, 0.5) is 0 Å². The van der Waals surface area contributed by atoms with E-state index < -0.39 is 0 Å². The second-order valence-corrected chi connectivity index (χ2v) is 4.51. The summed E-state index contributed by atoms with van der Waals surface area (Å²) in [6, 6.07) is 5.47. The van der Waals surface area contributed by atoms with Crippen LogP contribution in [-0.2, 0) is 6.54 Å². The Morgan fingerprint density at radius 3 is 2.90 bits per heavy atom. The van der Waals surface area contributed by atoms with Gasteiger partial charge in [0, 0.05) is 35.9 Å². The van der Waals surface area contributed by atoms with Crippen molar-refractivity contribution >= 4 is 12.1 Å². The topological polar surface area (TPSA) is 59.3 Å². The van der Waals surface area contributed by atoms with Crippen LogP contribution in [0.25, 0.3) is 0 Å². The molecule has 0 unspecified atom stereocenters. The molecular weight excluding hydrogens is 252 g/mol. The number of carbonyl (C=O) groups excluding carboxylic acids is 1. The van der Waals surface area contributed by atoms with Crippen LogP contribution in [0, 0.1) is 13.8 Å². The highest BCUT2D eigenvalue weighted by Gasteiger charge is 2.06. The SMILES string of the molecule is CCn1c(C)cc(/C=N\NC(=O)c2cccnc2)c1C. The molecule has 5 heteroatoms. The summed E-state index contributed by atoms with van der Waals surface area (Å²) >= 11 is 0. The number of carbonyl (C=O) groups is 1. The second kappa shape index (κ2) is 6.14. The molecule has 0 fully saturated rings. The van der Waals surface area contributed by atoms with Gasteiger partial charge in [0.05, 0.1) is 11.8 Å². The third-order valence-electron chi connectivity index (χ3n) is 3.22. The minimum absolute atomic E-state index is 0.265. The lowest BCUT2D eigenvalue weighted by atomic mass is 10.2. The van der Waals surface area contributed by atoms with Crippen LogP contribution in [0.1, 0.15) is 34.2 Å². The fourth-order valence-corrected chi connectivity index (χ4v) is 2.17. The fourth-order valence-electron chi connectivity index (χ4n) is 2.17. The molecule has 0 atom stereocenters. The highest BCUT2D eigenvalue weighted by atomic mass is 16.2. The summed E-state index contributed by atoms with van der Waals surface area (Å²) in [5.41, 5.74) is 6.33. The molecule has 0 aliphatic rings. The molecule has 2 aromatic rings. The number of rotatable bonds is 4. The molecule has 20 heavy (non-hydrogen) atoms. The minimum Gasteiger partial charge on any atom is -0.349 e. The number of hydrazone groups is 1. The molecule has 2 aromatic heterocycles. The summed E-state index contributed by atoms with van der Waals surface area (Å²) in [6.45, 7) is 7.13. The normalized spacial score (nSPS) is 10.9. The van der Waals surface area contributed by atoms with Gasteiger partial charge in [0.2, 0.25) is 0 Å². The molecule has 1 N–H and O–H groups in total. The van der Waals surface area contributed by atoms with Crippen molar-refractivity contribution in [3.63, 3.8) is 0 Å². The highest BCUT2D eigenvalue weighted by Crippen LogP contribution is 2.12. The molecule has 5 nitrogen and oxygen atoms in total. The van der Waals surface area contributed by atoms with E-state index in [1.165, 1.54) is 11.9 Å². The summed E-state index contributed by atoms with van der Waals surface area (Å²) in [4.78, 5) is 15.7. The number of nitrogens with one attached hydrogen (secondary N) is 1. The van der Waals surface area contributed by atoms with E-state index in [2.05, 4.69) is 40.0 Å². The zero-order valence-corrected chi connectivity index (χ0v) is 11.9. The highest BCUT2D eigenvalue weighted by molar-refractivity contribution is 5.94. The Labute approximate surface area is 118 Å². The van der Waals surface area contributed by atoms with Gasteiger partial charge in [0.25, 0.3) is 5.91 Å². The monoisotopic (exact) mass is 270 g/mol. The van der Waals surface area contributed by atoms with Crippen molar-refractivity contribution in [2.75, 3.05) is 0 Å². The number of hydrogen-bond donors (Lipinski definition) is 1. The molecular formula is C15H18N4O. The molecule has 0 radical (unpaired) electrons. The molecule has 104 valence electrons. The van der Waals surface area contributed by atoms with Gasteiger partial charge in [-0.1, -0.05) is 0 Å². The van der Waals surface area contributed by atoms with Crippen molar-refractivity contribution in [3.8, 4) is 0 Å². The van der Waals surface area contributed by atoms with E-state index in [1.807, 2.05) is 6.92 Å². The summed E-state index contributed by atoms with van der Waals surface area (Å²) in [5, 5.41) is 4.00. The molecule has 2 rings (SSSR count). The smallest absolute Gasteiger partial charge is 0.272 e. The molecule has 0 bridgehead atoms. The molecule has 0 saturated heterocycles. The van der Waals surface area contributed by atoms with Gasteiger partial charge in [-0.05, 0) is 39.0 Å². The quantitative estimate of drug-likeness (QED) is 0.684. The van der Waals surface area contributed by atoms with Crippen LogP contribution in [0.2, 0.25) is 0 Å². The van der Waals surface area contributed by atoms with Gasteiger partial charge >= 0.3 is 0 Å². The number of aromatic nitrogens is 2. The number of pyridine rings is 1. The van der Waals surface area contributed by atoms with Gasteiger partial charge in [-0.2, -0.15) is 5.10 Å². The summed E-state index contributed by atoms with van der Waals surface area (Å²) < 4.78 is 2.20. The lowest BCUT2D eigenvalue weighted by Crippen LogP contribution is -2.17. The maximum atomic E-state index is 11.8. The molecule has 0 spiro atoms. The number of nitrogens with zero attached hydrogens (tertiary/aromatic N) is 3. The van der Waals surface area contributed by atoms with Crippen molar-refractivity contribution in [1.82, 2.24) is 15.0 Å². The van der Waals surface area contributed by atoms with Crippen molar-refractivity contribution in [3.05, 3.63) is 53.1 Å². The summed E-state index contributed by atoms with van der Waals surface area (Å²) in [6.07, 6.45) is 4.80. The van der Waals surface area contributed by atoms with Crippen molar-refractivity contribution in [2.24, 2.45) is 5.10 Å². The third-order valence-corrected chi connectivity index (χ3v) is 3.22. The lowest BCUT2D eigenvalue weighted by molar-refractivity contribution is 0.0955. The van der Waals surface area contributed by atoms with E-state index in [-0.39, 0.29) is 5.91 Å². The molecule has 0 aliphatic carbocycles. The fraction of sp³-hybridized carbons (Fsp3) is 0.267. The van der Waals surface area contributed by atoms with Crippen LogP contribution in [0.3, 0.4) is 0 Å². The van der Waals surface area contributed by atoms with Crippen molar-refractivity contribution in [2.45, 2.75) is 27.3 Å². The number of hydrogen-bond acceptors (Lipinski definition) is 3. The van der Waals surface area contributed by atoms with Crippen LogP contribution >= 0.6 is 0 Å². The van der Waals surface area contributed by atoms with Crippen LogP contribution < -0.4 is 5.43 Å². The van der Waals surface area contributed by atoms with Gasteiger partial charge in [0.1, 0.15) is 0 Å². The molecule has 0 saturated carbocycles. The predicted octanol–water partition coefficient (Wildman–Crippen LogP) is 2.28. The largest absolute Gasteiger partial charge is 0.349 e. The van der Waals surface area contributed by atoms with E-state index in [0.29, 0.717) is 5.56 Å². The second-order valence-electron chi connectivity index (χ2n) is 4.51. The van der Waals surface area contributed by atoms with Crippen molar-refractivity contribution < 1.29 is 4.79 Å². The van der Waals surface area contributed by atoms with Gasteiger partial charge in [-0.15, -0.1) is 0 Å². The number of aryl methyl sites for hydroxylation is 1. The average Bonchev–Trinajstić information content (AvgIpc) is 2.74. The standard InChI is InChI=1S/C15H18N4O/c1-4-19-11(2)8-14(12(19)3)10-17-18-15(20)13-6-5-7-16-9-13/h5-10H,4H2,1-3H3,(H,18,20)/b17-10-. The van der Waals surface area contributed by atoms with Gasteiger partial charge in [-0.25, -0.2) is 5.43 Å². The first-order chi connectivity index (χ1) is 9.63. The Bertz CT molecular complexity index is 629. The van der Waals surface area contributed by atoms with Crippen LogP contribution in [-0.4, -0.2) is 21.7 Å². The van der Waals surface area contributed by atoms with E-state index in [1.54, 1.807) is 24.5 Å². The lowest BCUT2D eigenvalue weighted by Gasteiger charge is -2.04. The molecule has 0 aliphatic heterocycles. The Hall–Kier alpha value is -2.43. The maximum Gasteiger partial charge on any atom is 0.272 e. The van der Waals surface area contributed by atoms with Crippen LogP contribution in [0.15, 0.2) is 35.7 Å². The maximum absolute atomic E-state index is 11.8.